The van der Waals surface area contributed by atoms with Crippen LogP contribution in [-0.2, 0) is 10.5 Å². The van der Waals surface area contributed by atoms with E-state index < -0.39 is 5.72 Å². The van der Waals surface area contributed by atoms with Crippen LogP contribution in [0.2, 0.25) is 0 Å². The van der Waals surface area contributed by atoms with Crippen molar-refractivity contribution in [3.8, 4) is 0 Å². The molecule has 1 amide bonds. The van der Waals surface area contributed by atoms with Crippen molar-refractivity contribution in [1.82, 2.24) is 10.2 Å². The number of rotatable bonds is 4. The quantitative estimate of drug-likeness (QED) is 0.886. The first-order chi connectivity index (χ1) is 9.59. The maximum atomic E-state index is 11.8. The summed E-state index contributed by atoms with van der Waals surface area (Å²) in [6.07, 6.45) is 6.08. The summed E-state index contributed by atoms with van der Waals surface area (Å²) in [6, 6.07) is 9.15. The van der Waals surface area contributed by atoms with Gasteiger partial charge in [-0.2, -0.15) is 0 Å². The van der Waals surface area contributed by atoms with Gasteiger partial charge in [-0.1, -0.05) is 50.1 Å². The second-order valence-electron chi connectivity index (χ2n) is 5.18. The first-order valence-electron chi connectivity index (χ1n) is 7.10. The predicted octanol–water partition coefficient (Wildman–Crippen LogP) is 2.31. The van der Waals surface area contributed by atoms with Gasteiger partial charge in [0.25, 0.3) is 0 Å². The van der Waals surface area contributed by atoms with Gasteiger partial charge >= 0.3 is 0 Å². The van der Waals surface area contributed by atoms with Crippen LogP contribution in [0.5, 0.6) is 0 Å². The molecule has 1 aliphatic rings. The molecule has 2 unspecified atom stereocenters. The van der Waals surface area contributed by atoms with Crippen LogP contribution >= 0.6 is 0 Å². The molecule has 4 nitrogen and oxygen atoms in total. The highest BCUT2D eigenvalue weighted by Crippen LogP contribution is 2.32. The summed E-state index contributed by atoms with van der Waals surface area (Å²) < 4.78 is 0. The molecule has 0 radical (unpaired) electrons. The third kappa shape index (κ3) is 2.70. The monoisotopic (exact) mass is 274 g/mol. The minimum absolute atomic E-state index is 0.0572. The Balaban J connectivity index is 2.38. The Bertz CT molecular complexity index is 487. The third-order valence-corrected chi connectivity index (χ3v) is 3.77. The zero-order valence-electron chi connectivity index (χ0n) is 12.0. The van der Waals surface area contributed by atoms with Crippen molar-refractivity contribution in [1.29, 1.82) is 0 Å². The third-order valence-electron chi connectivity index (χ3n) is 3.77. The van der Waals surface area contributed by atoms with Gasteiger partial charge in [-0.15, -0.1) is 0 Å². The van der Waals surface area contributed by atoms with Crippen molar-refractivity contribution in [3.05, 3.63) is 48.3 Å². The van der Waals surface area contributed by atoms with Crippen molar-refractivity contribution >= 4 is 5.91 Å². The number of hydrogen-bond acceptors (Lipinski definition) is 3. The Morgan fingerprint density at radius 3 is 2.70 bits per heavy atom. The summed E-state index contributed by atoms with van der Waals surface area (Å²) in [5, 5.41) is 14.1. The number of carbonyl (C=O) groups is 1. The molecule has 4 heteroatoms. The van der Waals surface area contributed by atoms with Crippen LogP contribution in [0.1, 0.15) is 38.7 Å². The molecule has 108 valence electrons. The highest BCUT2D eigenvalue weighted by Gasteiger charge is 2.43. The topological polar surface area (TPSA) is 52.6 Å². The van der Waals surface area contributed by atoms with E-state index in [-0.39, 0.29) is 11.9 Å². The Labute approximate surface area is 120 Å². The number of unbranched alkanes of at least 4 members (excludes halogenated alkanes) is 1. The van der Waals surface area contributed by atoms with Crippen LogP contribution in [0, 0.1) is 0 Å². The van der Waals surface area contributed by atoms with Crippen molar-refractivity contribution < 1.29 is 9.90 Å². The van der Waals surface area contributed by atoms with E-state index in [0.717, 1.165) is 24.8 Å². The first-order valence-corrected chi connectivity index (χ1v) is 7.10. The molecule has 0 bridgehead atoms. The largest absolute Gasteiger partial charge is 0.365 e. The van der Waals surface area contributed by atoms with Gasteiger partial charge in [0.1, 0.15) is 0 Å². The Hall–Kier alpha value is -1.81. The van der Waals surface area contributed by atoms with E-state index in [9.17, 15) is 9.90 Å². The molecule has 1 heterocycles. The van der Waals surface area contributed by atoms with E-state index in [4.69, 9.17) is 0 Å². The molecule has 0 aliphatic carbocycles. The molecular weight excluding hydrogens is 252 g/mol. The smallest absolute Gasteiger partial charge is 0.223 e. The predicted molar refractivity (Wildman–Crippen MR) is 78.4 cm³/mol. The van der Waals surface area contributed by atoms with Gasteiger partial charge in [0, 0.05) is 24.9 Å². The van der Waals surface area contributed by atoms with Gasteiger partial charge in [-0.3, -0.25) is 4.79 Å². The van der Waals surface area contributed by atoms with Crippen molar-refractivity contribution in [2.24, 2.45) is 0 Å². The van der Waals surface area contributed by atoms with Gasteiger partial charge in [-0.25, -0.2) is 0 Å². The number of aliphatic hydroxyl groups is 1. The summed E-state index contributed by atoms with van der Waals surface area (Å²) >= 11 is 0. The number of nitrogens with one attached hydrogen (secondary N) is 1. The fraction of sp³-hybridized carbons (Fsp3) is 0.438. The highest BCUT2D eigenvalue weighted by atomic mass is 16.3. The van der Waals surface area contributed by atoms with Crippen molar-refractivity contribution in [2.45, 2.75) is 44.9 Å². The fourth-order valence-corrected chi connectivity index (χ4v) is 2.68. The van der Waals surface area contributed by atoms with Gasteiger partial charge in [-0.05, 0) is 6.42 Å². The summed E-state index contributed by atoms with van der Waals surface area (Å²) in [6.45, 7) is 3.63. The second kappa shape index (κ2) is 6.09. The maximum Gasteiger partial charge on any atom is 0.223 e. The minimum atomic E-state index is -1.24. The van der Waals surface area contributed by atoms with E-state index in [2.05, 4.69) is 12.2 Å². The standard InChI is InChI=1S/C16H22N2O2/c1-3-4-10-15-16(20,14-8-6-5-7-9-14)17-11-12-18(15)13(2)19/h5-9,11-12,15,17,20H,3-4,10H2,1-2H3. The van der Waals surface area contributed by atoms with E-state index in [1.165, 1.54) is 6.92 Å². The normalized spacial score (nSPS) is 25.4. The van der Waals surface area contributed by atoms with Crippen LogP contribution in [0.15, 0.2) is 42.7 Å². The number of benzene rings is 1. The van der Waals surface area contributed by atoms with E-state index in [1.54, 1.807) is 17.3 Å². The van der Waals surface area contributed by atoms with Crippen LogP contribution in [-0.4, -0.2) is 22.0 Å². The molecule has 0 aromatic heterocycles. The fourth-order valence-electron chi connectivity index (χ4n) is 2.68. The summed E-state index contributed by atoms with van der Waals surface area (Å²) in [5.41, 5.74) is -0.465. The number of hydrogen-bond donors (Lipinski definition) is 2. The van der Waals surface area contributed by atoms with Crippen LogP contribution < -0.4 is 5.32 Å². The van der Waals surface area contributed by atoms with E-state index in [1.807, 2.05) is 30.3 Å². The molecule has 0 saturated carbocycles. The number of amides is 1. The van der Waals surface area contributed by atoms with Crippen molar-refractivity contribution in [2.75, 3.05) is 0 Å². The molecule has 1 aliphatic heterocycles. The molecule has 0 saturated heterocycles. The molecule has 0 fully saturated rings. The molecular formula is C16H22N2O2. The Kier molecular flexibility index (Phi) is 4.45. The maximum absolute atomic E-state index is 11.8. The first kappa shape index (κ1) is 14.6. The molecule has 1 aromatic carbocycles. The SMILES string of the molecule is CCCCC1N(C(C)=O)C=CNC1(O)c1ccccc1. The van der Waals surface area contributed by atoms with Crippen LogP contribution in [0.25, 0.3) is 0 Å². The van der Waals surface area contributed by atoms with Crippen molar-refractivity contribution in [3.63, 3.8) is 0 Å². The molecule has 1 aromatic rings. The van der Waals surface area contributed by atoms with E-state index >= 15 is 0 Å². The van der Waals surface area contributed by atoms with Crippen LogP contribution in [0.4, 0.5) is 0 Å². The number of carbonyl (C=O) groups excluding carboxylic acids is 1. The second-order valence-corrected chi connectivity index (χ2v) is 5.18. The average molecular weight is 274 g/mol. The lowest BCUT2D eigenvalue weighted by Crippen LogP contribution is -2.59. The lowest BCUT2D eigenvalue weighted by molar-refractivity contribution is -0.139. The van der Waals surface area contributed by atoms with Gasteiger partial charge in [0.15, 0.2) is 5.72 Å². The summed E-state index contributed by atoms with van der Waals surface area (Å²) in [5.74, 6) is -0.0572. The molecule has 0 spiro atoms. The highest BCUT2D eigenvalue weighted by molar-refractivity contribution is 5.75. The summed E-state index contributed by atoms with van der Waals surface area (Å²) in [4.78, 5) is 13.5. The lowest BCUT2D eigenvalue weighted by Gasteiger charge is -2.44. The lowest BCUT2D eigenvalue weighted by atomic mass is 9.89. The Morgan fingerprint density at radius 1 is 1.40 bits per heavy atom. The zero-order chi connectivity index (χ0) is 14.6. The summed E-state index contributed by atoms with van der Waals surface area (Å²) in [7, 11) is 0. The zero-order valence-corrected chi connectivity index (χ0v) is 12.0. The van der Waals surface area contributed by atoms with Gasteiger partial charge in [0.05, 0.1) is 6.04 Å². The molecule has 2 rings (SSSR count). The number of nitrogens with zero attached hydrogens (tertiary/aromatic N) is 1. The molecule has 2 atom stereocenters. The van der Waals surface area contributed by atoms with Gasteiger partial charge in [0.2, 0.25) is 5.91 Å². The van der Waals surface area contributed by atoms with E-state index in [0.29, 0.717) is 0 Å². The van der Waals surface area contributed by atoms with Gasteiger partial charge < -0.3 is 15.3 Å². The molecule has 2 N–H and O–H groups in total. The van der Waals surface area contributed by atoms with Crippen LogP contribution in [0.3, 0.4) is 0 Å². The average Bonchev–Trinajstić information content (AvgIpc) is 2.46. The molecule has 20 heavy (non-hydrogen) atoms. The Morgan fingerprint density at radius 2 is 2.10 bits per heavy atom. The minimum Gasteiger partial charge on any atom is -0.365 e.